The van der Waals surface area contributed by atoms with Gasteiger partial charge in [-0.3, -0.25) is 0 Å². The maximum Gasteiger partial charge on any atom is 0.0901 e. The lowest BCUT2D eigenvalue weighted by Crippen LogP contribution is -2.45. The molecule has 33 heavy (non-hydrogen) atoms. The molecule has 180 valence electrons. The SMILES string of the molecule is C=CCC1CN(CC2CC3c4ccccc4Cc4ccccc4C3O2)CCC1O.CC.CC. The second-order valence-electron chi connectivity index (χ2n) is 9.00. The highest BCUT2D eigenvalue weighted by Crippen LogP contribution is 2.49. The van der Waals surface area contributed by atoms with E-state index in [9.17, 15) is 5.11 Å². The van der Waals surface area contributed by atoms with E-state index in [0.29, 0.717) is 11.8 Å². The van der Waals surface area contributed by atoms with Gasteiger partial charge in [0.05, 0.1) is 18.3 Å². The Kier molecular flexibility index (Phi) is 9.73. The van der Waals surface area contributed by atoms with Crippen LogP contribution in [0.1, 0.15) is 81.2 Å². The van der Waals surface area contributed by atoms with Gasteiger partial charge in [0, 0.05) is 31.5 Å². The van der Waals surface area contributed by atoms with Gasteiger partial charge in [-0.2, -0.15) is 0 Å². The lowest BCUT2D eigenvalue weighted by molar-refractivity contribution is -0.0144. The van der Waals surface area contributed by atoms with E-state index in [1.165, 1.54) is 22.3 Å². The van der Waals surface area contributed by atoms with Crippen molar-refractivity contribution in [2.24, 2.45) is 5.92 Å². The number of aliphatic hydroxyl groups excluding tert-OH is 1. The van der Waals surface area contributed by atoms with Crippen molar-refractivity contribution in [3.05, 3.63) is 83.4 Å². The first kappa shape index (κ1) is 25.7. The zero-order valence-corrected chi connectivity index (χ0v) is 21.0. The van der Waals surface area contributed by atoms with Crippen molar-refractivity contribution in [3.8, 4) is 0 Å². The molecule has 0 bridgehead atoms. The number of allylic oxidation sites excluding steroid dienone is 1. The van der Waals surface area contributed by atoms with E-state index in [1.54, 1.807) is 0 Å². The molecule has 2 fully saturated rings. The maximum atomic E-state index is 10.3. The minimum atomic E-state index is -0.196. The number of benzene rings is 2. The highest BCUT2D eigenvalue weighted by atomic mass is 16.5. The Balaban J connectivity index is 0.000000728. The average Bonchev–Trinajstić information content (AvgIpc) is 3.22. The van der Waals surface area contributed by atoms with Gasteiger partial charge in [-0.25, -0.2) is 0 Å². The molecule has 3 nitrogen and oxygen atoms in total. The number of ether oxygens (including phenoxy) is 1. The Morgan fingerprint density at radius 2 is 1.64 bits per heavy atom. The van der Waals surface area contributed by atoms with Crippen LogP contribution >= 0.6 is 0 Å². The van der Waals surface area contributed by atoms with E-state index in [1.807, 2.05) is 33.8 Å². The number of piperidine rings is 1. The molecular formula is C30H43NO2. The number of rotatable bonds is 4. The third kappa shape index (κ3) is 5.77. The largest absolute Gasteiger partial charge is 0.393 e. The first-order valence-corrected chi connectivity index (χ1v) is 13.1. The van der Waals surface area contributed by atoms with Gasteiger partial charge in [0.2, 0.25) is 0 Å². The van der Waals surface area contributed by atoms with Gasteiger partial charge in [-0.05, 0) is 47.9 Å². The van der Waals surface area contributed by atoms with Crippen molar-refractivity contribution in [1.29, 1.82) is 0 Å². The molecule has 5 unspecified atom stereocenters. The fourth-order valence-electron chi connectivity index (χ4n) is 5.69. The summed E-state index contributed by atoms with van der Waals surface area (Å²) in [4.78, 5) is 2.49. The summed E-state index contributed by atoms with van der Waals surface area (Å²) in [7, 11) is 0. The van der Waals surface area contributed by atoms with Crippen molar-refractivity contribution in [1.82, 2.24) is 4.90 Å². The Morgan fingerprint density at radius 1 is 1.00 bits per heavy atom. The zero-order valence-electron chi connectivity index (χ0n) is 21.0. The summed E-state index contributed by atoms with van der Waals surface area (Å²) in [6, 6.07) is 17.7. The summed E-state index contributed by atoms with van der Waals surface area (Å²) in [5.41, 5.74) is 5.69. The molecule has 0 radical (unpaired) electrons. The lowest BCUT2D eigenvalue weighted by atomic mass is 9.87. The average molecular weight is 450 g/mol. The number of likely N-dealkylation sites (tertiary alicyclic amines) is 1. The molecule has 0 saturated carbocycles. The van der Waals surface area contributed by atoms with E-state index in [2.05, 4.69) is 60.0 Å². The smallest absolute Gasteiger partial charge is 0.0901 e. The van der Waals surface area contributed by atoms with Gasteiger partial charge >= 0.3 is 0 Å². The van der Waals surface area contributed by atoms with E-state index >= 15 is 0 Å². The molecule has 2 aromatic rings. The van der Waals surface area contributed by atoms with Crippen molar-refractivity contribution in [2.75, 3.05) is 19.6 Å². The van der Waals surface area contributed by atoms with E-state index in [0.717, 1.165) is 45.3 Å². The lowest BCUT2D eigenvalue weighted by Gasteiger charge is -2.37. The second kappa shape index (κ2) is 12.5. The topological polar surface area (TPSA) is 32.7 Å². The first-order valence-electron chi connectivity index (χ1n) is 13.1. The Hall–Kier alpha value is -1.94. The zero-order chi connectivity index (χ0) is 23.8. The molecule has 0 aromatic heterocycles. The fourth-order valence-corrected chi connectivity index (χ4v) is 5.69. The first-order chi connectivity index (χ1) is 16.2. The normalized spacial score (nSPS) is 28.0. The number of nitrogens with zero attached hydrogens (tertiary/aromatic N) is 1. The summed E-state index contributed by atoms with van der Waals surface area (Å²) in [6.45, 7) is 14.7. The van der Waals surface area contributed by atoms with Crippen molar-refractivity contribution < 1.29 is 9.84 Å². The standard InChI is InChI=1S/C26H31NO2.2C2H6/c1-2-7-20-16-27(13-12-25(20)28)17-21-15-24-22-10-5-3-8-18(22)14-19-9-4-6-11-23(19)26(24)29-21;2*1-2/h2-6,8-11,20-21,24-26,28H,1,7,12-17H2;2*1-2H3. The van der Waals surface area contributed by atoms with E-state index < -0.39 is 0 Å². The molecule has 0 amide bonds. The number of hydrogen-bond donors (Lipinski definition) is 1. The van der Waals surface area contributed by atoms with E-state index in [4.69, 9.17) is 4.74 Å². The van der Waals surface area contributed by atoms with Crippen LogP contribution < -0.4 is 0 Å². The minimum Gasteiger partial charge on any atom is -0.393 e. The molecule has 5 atom stereocenters. The molecule has 3 aliphatic rings. The minimum absolute atomic E-state index is 0.152. The van der Waals surface area contributed by atoms with Crippen LogP contribution in [0, 0.1) is 5.92 Å². The van der Waals surface area contributed by atoms with Gasteiger partial charge in [0.15, 0.2) is 0 Å². The molecule has 5 rings (SSSR count). The summed E-state index contributed by atoms with van der Waals surface area (Å²) in [5.74, 6) is 0.730. The van der Waals surface area contributed by atoms with Gasteiger partial charge < -0.3 is 14.7 Å². The molecule has 2 aliphatic heterocycles. The predicted molar refractivity (Wildman–Crippen MR) is 139 cm³/mol. The molecule has 2 aromatic carbocycles. The monoisotopic (exact) mass is 449 g/mol. The quantitative estimate of drug-likeness (QED) is 0.540. The van der Waals surface area contributed by atoms with Crippen molar-refractivity contribution >= 4 is 0 Å². The predicted octanol–water partition coefficient (Wildman–Crippen LogP) is 6.52. The Bertz CT molecular complexity index is 826. The highest BCUT2D eigenvalue weighted by Gasteiger charge is 2.41. The molecule has 0 spiro atoms. The second-order valence-corrected chi connectivity index (χ2v) is 9.00. The fraction of sp³-hybridized carbons (Fsp3) is 0.533. The highest BCUT2D eigenvalue weighted by molar-refractivity contribution is 5.45. The Morgan fingerprint density at radius 3 is 2.33 bits per heavy atom. The Labute approximate surface area is 201 Å². The molecular weight excluding hydrogens is 406 g/mol. The number of hydrogen-bond acceptors (Lipinski definition) is 3. The molecule has 1 N–H and O–H groups in total. The van der Waals surface area contributed by atoms with Gasteiger partial charge in [0.25, 0.3) is 0 Å². The van der Waals surface area contributed by atoms with E-state index in [-0.39, 0.29) is 18.3 Å². The number of fused-ring (bicyclic) bond motifs is 5. The van der Waals surface area contributed by atoms with Crippen LogP contribution in [0.25, 0.3) is 0 Å². The molecule has 2 heterocycles. The van der Waals surface area contributed by atoms with Gasteiger partial charge in [0.1, 0.15) is 0 Å². The van der Waals surface area contributed by atoms with Crippen LogP contribution in [0.2, 0.25) is 0 Å². The van der Waals surface area contributed by atoms with Crippen LogP contribution in [0.3, 0.4) is 0 Å². The van der Waals surface area contributed by atoms with Gasteiger partial charge in [-0.15, -0.1) is 6.58 Å². The molecule has 2 saturated heterocycles. The third-order valence-electron chi connectivity index (χ3n) is 7.13. The summed E-state index contributed by atoms with van der Waals surface area (Å²) >= 11 is 0. The van der Waals surface area contributed by atoms with Gasteiger partial charge in [-0.1, -0.05) is 82.3 Å². The van der Waals surface area contributed by atoms with Crippen LogP contribution in [-0.2, 0) is 11.2 Å². The molecule has 3 heteroatoms. The van der Waals surface area contributed by atoms with Crippen LogP contribution in [0.5, 0.6) is 0 Å². The number of aliphatic hydroxyl groups is 1. The molecule has 1 aliphatic carbocycles. The third-order valence-corrected chi connectivity index (χ3v) is 7.13. The summed E-state index contributed by atoms with van der Waals surface area (Å²) < 4.78 is 6.73. The van der Waals surface area contributed by atoms with Crippen LogP contribution in [-0.4, -0.2) is 41.8 Å². The maximum absolute atomic E-state index is 10.3. The van der Waals surface area contributed by atoms with Crippen LogP contribution in [0.15, 0.2) is 61.2 Å². The van der Waals surface area contributed by atoms with Crippen LogP contribution in [0.4, 0.5) is 0 Å². The van der Waals surface area contributed by atoms with Crippen molar-refractivity contribution in [2.45, 2.75) is 77.6 Å². The summed E-state index contributed by atoms with van der Waals surface area (Å²) in [6.07, 6.45) is 5.94. The van der Waals surface area contributed by atoms with Crippen molar-refractivity contribution in [3.63, 3.8) is 0 Å². The summed E-state index contributed by atoms with van der Waals surface area (Å²) in [5, 5.41) is 10.3.